The van der Waals surface area contributed by atoms with Gasteiger partial charge in [-0.15, -0.1) is 11.8 Å². The van der Waals surface area contributed by atoms with Gasteiger partial charge < -0.3 is 4.42 Å². The van der Waals surface area contributed by atoms with Crippen LogP contribution in [0.25, 0.3) is 0 Å². The number of hydrazone groups is 1. The third kappa shape index (κ3) is 5.35. The summed E-state index contributed by atoms with van der Waals surface area (Å²) in [6.45, 7) is 3.90. The third-order valence-electron chi connectivity index (χ3n) is 2.88. The van der Waals surface area contributed by atoms with E-state index in [1.54, 1.807) is 17.8 Å². The zero-order chi connectivity index (χ0) is 15.9. The molecule has 1 aromatic heterocycles. The fourth-order valence-electron chi connectivity index (χ4n) is 1.67. The number of nitrogens with one attached hydrogen (secondary N) is 1. The van der Waals surface area contributed by atoms with E-state index in [9.17, 15) is 4.79 Å². The van der Waals surface area contributed by atoms with Crippen LogP contribution in [-0.2, 0) is 4.79 Å². The summed E-state index contributed by atoms with van der Waals surface area (Å²) in [5.74, 6) is 1.98. The minimum atomic E-state index is -0.113. The maximum Gasteiger partial charge on any atom is 0.240 e. The van der Waals surface area contributed by atoms with E-state index in [1.807, 2.05) is 6.92 Å². The van der Waals surface area contributed by atoms with E-state index in [0.29, 0.717) is 12.2 Å². The highest BCUT2D eigenvalue weighted by molar-refractivity contribution is 9.10. The normalized spacial score (nSPS) is 11.0. The van der Waals surface area contributed by atoms with Crippen LogP contribution in [0.4, 0.5) is 0 Å². The number of carbonyl (C=O) groups is 1. The molecule has 0 aliphatic carbocycles. The first-order valence-electron chi connectivity index (χ1n) is 6.82. The van der Waals surface area contributed by atoms with Crippen molar-refractivity contribution in [3.63, 3.8) is 0 Å². The molecule has 0 spiro atoms. The summed E-state index contributed by atoms with van der Waals surface area (Å²) in [4.78, 5) is 12.8. The molecule has 1 aromatic carbocycles. The van der Waals surface area contributed by atoms with Crippen molar-refractivity contribution in [1.29, 1.82) is 0 Å². The summed E-state index contributed by atoms with van der Waals surface area (Å²) in [6.07, 6.45) is 1.90. The van der Waals surface area contributed by atoms with Crippen molar-refractivity contribution in [3.05, 3.63) is 51.9 Å². The van der Waals surface area contributed by atoms with Crippen molar-refractivity contribution in [1.82, 2.24) is 5.43 Å². The molecule has 0 aliphatic heterocycles. The zero-order valence-corrected chi connectivity index (χ0v) is 14.8. The molecule has 0 atom stereocenters. The number of amides is 1. The molecule has 0 saturated carbocycles. The van der Waals surface area contributed by atoms with Crippen LogP contribution < -0.4 is 5.43 Å². The Morgan fingerprint density at radius 2 is 2.09 bits per heavy atom. The van der Waals surface area contributed by atoms with Crippen molar-refractivity contribution >= 4 is 39.8 Å². The highest BCUT2D eigenvalue weighted by Gasteiger charge is 2.03. The second kappa shape index (κ2) is 8.19. The Labute approximate surface area is 142 Å². The lowest BCUT2D eigenvalue weighted by atomic mass is 10.2. The van der Waals surface area contributed by atoms with E-state index in [0.717, 1.165) is 20.9 Å². The first-order valence-corrected chi connectivity index (χ1v) is 8.60. The molecule has 1 amide bonds. The summed E-state index contributed by atoms with van der Waals surface area (Å²) in [7, 11) is 0. The van der Waals surface area contributed by atoms with E-state index in [1.165, 1.54) is 11.8 Å². The van der Waals surface area contributed by atoms with Gasteiger partial charge in [0.15, 0.2) is 0 Å². The number of nitrogens with zero attached hydrogens (tertiary/aromatic N) is 1. The van der Waals surface area contributed by atoms with Gasteiger partial charge in [0.2, 0.25) is 5.91 Å². The average molecular weight is 381 g/mol. The van der Waals surface area contributed by atoms with Gasteiger partial charge in [0.25, 0.3) is 0 Å². The second-order valence-corrected chi connectivity index (χ2v) is 6.78. The van der Waals surface area contributed by atoms with E-state index >= 15 is 0 Å². The van der Waals surface area contributed by atoms with Gasteiger partial charge in [-0.1, -0.05) is 17.7 Å². The topological polar surface area (TPSA) is 54.6 Å². The van der Waals surface area contributed by atoms with Crippen molar-refractivity contribution in [2.75, 3.05) is 5.75 Å². The molecule has 22 heavy (non-hydrogen) atoms. The minimum absolute atomic E-state index is 0.113. The summed E-state index contributed by atoms with van der Waals surface area (Å²) in [6, 6.07) is 10.1. The molecule has 4 nitrogen and oxygen atoms in total. The third-order valence-corrected chi connectivity index (χ3v) is 4.68. The van der Waals surface area contributed by atoms with Gasteiger partial charge in [-0.05, 0) is 41.9 Å². The number of thioether (sulfide) groups is 1. The number of hydrogen-bond acceptors (Lipinski definition) is 4. The number of furan rings is 1. The van der Waals surface area contributed by atoms with Crippen LogP contribution in [0.5, 0.6) is 0 Å². The number of benzene rings is 1. The highest BCUT2D eigenvalue weighted by atomic mass is 79.9. The zero-order valence-electron chi connectivity index (χ0n) is 12.4. The van der Waals surface area contributed by atoms with Crippen molar-refractivity contribution in [3.8, 4) is 0 Å². The first kappa shape index (κ1) is 16.8. The van der Waals surface area contributed by atoms with E-state index in [4.69, 9.17) is 4.42 Å². The van der Waals surface area contributed by atoms with Crippen LogP contribution in [0.2, 0.25) is 0 Å². The van der Waals surface area contributed by atoms with E-state index in [-0.39, 0.29) is 5.91 Å². The Morgan fingerprint density at radius 1 is 1.36 bits per heavy atom. The number of rotatable bonds is 6. The van der Waals surface area contributed by atoms with Crippen LogP contribution in [0.1, 0.15) is 23.5 Å². The summed E-state index contributed by atoms with van der Waals surface area (Å²) in [5, 5.41) is 3.88. The molecular weight excluding hydrogens is 364 g/mol. The summed E-state index contributed by atoms with van der Waals surface area (Å²) in [5.41, 5.74) is 3.73. The molecule has 2 rings (SSSR count). The Kier molecular flexibility index (Phi) is 6.27. The van der Waals surface area contributed by atoms with Crippen LogP contribution in [-0.4, -0.2) is 17.9 Å². The van der Waals surface area contributed by atoms with Gasteiger partial charge in [0, 0.05) is 23.1 Å². The van der Waals surface area contributed by atoms with Crippen LogP contribution in [0, 0.1) is 13.8 Å². The molecule has 0 aliphatic rings. The van der Waals surface area contributed by atoms with Gasteiger partial charge in [0.05, 0.1) is 10.7 Å². The van der Waals surface area contributed by atoms with Crippen LogP contribution in [0.3, 0.4) is 0 Å². The van der Waals surface area contributed by atoms with Crippen molar-refractivity contribution in [2.24, 2.45) is 5.10 Å². The van der Waals surface area contributed by atoms with Gasteiger partial charge in [0.1, 0.15) is 11.5 Å². The molecule has 0 radical (unpaired) electrons. The lowest BCUT2D eigenvalue weighted by molar-refractivity contribution is -0.120. The molecular formula is C16H17BrN2O2S. The largest absolute Gasteiger partial charge is 0.459 e. The van der Waals surface area contributed by atoms with Gasteiger partial charge in [-0.25, -0.2) is 5.43 Å². The number of hydrogen-bond donors (Lipinski definition) is 1. The van der Waals surface area contributed by atoms with Crippen molar-refractivity contribution < 1.29 is 9.21 Å². The fraction of sp³-hybridized carbons (Fsp3) is 0.250. The smallest absolute Gasteiger partial charge is 0.240 e. The Hall–Kier alpha value is -1.53. The van der Waals surface area contributed by atoms with E-state index in [2.05, 4.69) is 57.6 Å². The monoisotopic (exact) mass is 380 g/mol. The van der Waals surface area contributed by atoms with E-state index < -0.39 is 0 Å². The molecule has 0 saturated heterocycles. The highest BCUT2D eigenvalue weighted by Crippen LogP contribution is 2.19. The fourth-order valence-corrected chi connectivity index (χ4v) is 2.82. The Morgan fingerprint density at radius 3 is 2.73 bits per heavy atom. The molecule has 2 aromatic rings. The molecule has 0 fully saturated rings. The quantitative estimate of drug-likeness (QED) is 0.461. The molecule has 6 heteroatoms. The summed E-state index contributed by atoms with van der Waals surface area (Å²) < 4.78 is 6.28. The van der Waals surface area contributed by atoms with Gasteiger partial charge in [-0.2, -0.15) is 5.10 Å². The molecule has 1 N–H and O–H groups in total. The van der Waals surface area contributed by atoms with Crippen LogP contribution in [0.15, 0.2) is 49.2 Å². The minimum Gasteiger partial charge on any atom is -0.459 e. The number of halogens is 1. The maximum absolute atomic E-state index is 11.7. The average Bonchev–Trinajstić information content (AvgIpc) is 2.80. The Balaban J connectivity index is 1.70. The van der Waals surface area contributed by atoms with Gasteiger partial charge in [-0.3, -0.25) is 4.79 Å². The van der Waals surface area contributed by atoms with Crippen molar-refractivity contribution in [2.45, 2.75) is 25.2 Å². The predicted molar refractivity (Wildman–Crippen MR) is 93.4 cm³/mol. The maximum atomic E-state index is 11.7. The molecule has 1 heterocycles. The number of carbonyl (C=O) groups excluding carboxylic acids is 1. The molecule has 0 unspecified atom stereocenters. The SMILES string of the molecule is Cc1ccc(SCCC(=O)N/N=C\c2cc(Br)c(C)o2)cc1. The Bertz CT molecular complexity index is 646. The molecule has 0 bridgehead atoms. The predicted octanol–water partition coefficient (Wildman–Crippen LogP) is 4.29. The first-order chi connectivity index (χ1) is 10.5. The standard InChI is InChI=1S/C16H17BrN2O2S/c1-11-3-5-14(6-4-11)22-8-7-16(20)19-18-10-13-9-15(17)12(2)21-13/h3-6,9-10H,7-8H2,1-2H3,(H,19,20)/b18-10-. The lowest BCUT2D eigenvalue weighted by Crippen LogP contribution is -2.17. The lowest BCUT2D eigenvalue weighted by Gasteiger charge is -2.01. The summed E-state index contributed by atoms with van der Waals surface area (Å²) >= 11 is 5.01. The van der Waals surface area contributed by atoms with Crippen LogP contribution >= 0.6 is 27.7 Å². The van der Waals surface area contributed by atoms with Gasteiger partial charge >= 0.3 is 0 Å². The molecule has 116 valence electrons. The number of aryl methyl sites for hydroxylation is 2. The second-order valence-electron chi connectivity index (χ2n) is 4.76.